The number of hydroxylamine groups is 1. The van der Waals surface area contributed by atoms with Crippen LogP contribution in [0.3, 0.4) is 0 Å². The van der Waals surface area contributed by atoms with Crippen LogP contribution in [0.25, 0.3) is 0 Å². The minimum atomic E-state index is -0.164. The molecule has 3 heteroatoms. The van der Waals surface area contributed by atoms with E-state index in [9.17, 15) is 0 Å². The first-order chi connectivity index (χ1) is 5.08. The Kier molecular flexibility index (Phi) is 2.19. The molecule has 1 rings (SSSR count). The molecule has 3 nitrogen and oxygen atoms in total. The summed E-state index contributed by atoms with van der Waals surface area (Å²) < 4.78 is 0. The molecule has 11 heavy (non-hydrogen) atoms. The zero-order valence-electron chi connectivity index (χ0n) is 7.16. The Morgan fingerprint density at radius 1 is 1.27 bits per heavy atom. The highest BCUT2D eigenvalue weighted by Gasteiger charge is 2.14. The normalized spacial score (nSPS) is 16.8. The predicted molar refractivity (Wildman–Crippen MR) is 44.1 cm³/mol. The minimum Gasteiger partial charge on any atom is -0.282 e. The molecule has 0 amide bonds. The maximum atomic E-state index is 5.46. The summed E-state index contributed by atoms with van der Waals surface area (Å²) in [4.78, 5) is 5.46. The third-order valence-electron chi connectivity index (χ3n) is 1.00. The van der Waals surface area contributed by atoms with Gasteiger partial charge in [-0.1, -0.05) is 0 Å². The maximum Gasteiger partial charge on any atom is 0.0900 e. The van der Waals surface area contributed by atoms with Crippen molar-refractivity contribution in [2.45, 2.75) is 26.4 Å². The molecule has 0 saturated heterocycles. The van der Waals surface area contributed by atoms with Crippen molar-refractivity contribution in [1.82, 2.24) is 10.6 Å². The van der Waals surface area contributed by atoms with Gasteiger partial charge in [0, 0.05) is 6.20 Å². The molecule has 62 valence electrons. The van der Waals surface area contributed by atoms with E-state index in [1.54, 1.807) is 5.17 Å². The number of hydrogen-bond acceptors (Lipinski definition) is 3. The van der Waals surface area contributed by atoms with E-state index in [1.165, 1.54) is 0 Å². The summed E-state index contributed by atoms with van der Waals surface area (Å²) in [6.07, 6.45) is 7.45. The molecule has 1 heterocycles. The largest absolute Gasteiger partial charge is 0.282 e. The molecule has 0 aliphatic carbocycles. The number of allylic oxidation sites excluding steroid dienone is 2. The lowest BCUT2D eigenvalue weighted by molar-refractivity contribution is -0.220. The molecule has 0 atom stereocenters. The van der Waals surface area contributed by atoms with Crippen LogP contribution in [0.5, 0.6) is 0 Å². The van der Waals surface area contributed by atoms with Gasteiger partial charge in [-0.05, 0) is 32.9 Å². The second kappa shape index (κ2) is 2.96. The lowest BCUT2D eigenvalue weighted by Gasteiger charge is -2.28. The van der Waals surface area contributed by atoms with Crippen LogP contribution in [0.2, 0.25) is 0 Å². The monoisotopic (exact) mass is 154 g/mol. The number of nitrogens with zero attached hydrogens (tertiary/aromatic N) is 1. The third kappa shape index (κ3) is 3.09. The van der Waals surface area contributed by atoms with Gasteiger partial charge in [0.25, 0.3) is 0 Å². The second-order valence-electron chi connectivity index (χ2n) is 3.36. The van der Waals surface area contributed by atoms with E-state index in [2.05, 4.69) is 5.43 Å². The fraction of sp³-hybridized carbons (Fsp3) is 0.500. The molecule has 0 bridgehead atoms. The van der Waals surface area contributed by atoms with Gasteiger partial charge in [-0.15, -0.1) is 0 Å². The fourth-order valence-electron chi connectivity index (χ4n) is 0.695. The molecule has 0 unspecified atom stereocenters. The molecule has 0 aromatic rings. The van der Waals surface area contributed by atoms with Gasteiger partial charge in [-0.2, -0.15) is 5.17 Å². The van der Waals surface area contributed by atoms with Gasteiger partial charge in [0.15, 0.2) is 0 Å². The van der Waals surface area contributed by atoms with Crippen molar-refractivity contribution >= 4 is 0 Å². The average molecular weight is 154 g/mol. The second-order valence-corrected chi connectivity index (χ2v) is 3.36. The highest BCUT2D eigenvalue weighted by Crippen LogP contribution is 2.09. The van der Waals surface area contributed by atoms with E-state index in [0.717, 1.165) is 0 Å². The van der Waals surface area contributed by atoms with E-state index in [1.807, 2.05) is 45.3 Å². The lowest BCUT2D eigenvalue weighted by Crippen LogP contribution is -2.37. The average Bonchev–Trinajstić information content (AvgIpc) is 1.85. The lowest BCUT2D eigenvalue weighted by atomic mass is 10.2. The Morgan fingerprint density at radius 2 is 2.00 bits per heavy atom. The Hall–Kier alpha value is -0.960. The molecule has 0 aromatic heterocycles. The highest BCUT2D eigenvalue weighted by atomic mass is 16.7. The Bertz CT molecular complexity index is 179. The summed E-state index contributed by atoms with van der Waals surface area (Å²) in [5.41, 5.74) is 2.76. The van der Waals surface area contributed by atoms with Crippen molar-refractivity contribution in [3.05, 3.63) is 24.6 Å². The van der Waals surface area contributed by atoms with Crippen molar-refractivity contribution < 1.29 is 4.84 Å². The number of hydrogen-bond donors (Lipinski definition) is 1. The van der Waals surface area contributed by atoms with Gasteiger partial charge in [0.05, 0.1) is 11.8 Å². The van der Waals surface area contributed by atoms with E-state index < -0.39 is 0 Å². The zero-order valence-corrected chi connectivity index (χ0v) is 7.16. The van der Waals surface area contributed by atoms with Gasteiger partial charge in [0.1, 0.15) is 0 Å². The van der Waals surface area contributed by atoms with Crippen LogP contribution in [0.1, 0.15) is 20.8 Å². The molecule has 1 N–H and O–H groups in total. The van der Waals surface area contributed by atoms with E-state index in [0.29, 0.717) is 0 Å². The summed E-state index contributed by atoms with van der Waals surface area (Å²) in [6, 6.07) is 0. The van der Waals surface area contributed by atoms with Crippen LogP contribution < -0.4 is 5.43 Å². The topological polar surface area (TPSA) is 24.5 Å². The van der Waals surface area contributed by atoms with Gasteiger partial charge in [-0.25, -0.2) is 4.84 Å². The fourth-order valence-corrected chi connectivity index (χ4v) is 0.695. The van der Waals surface area contributed by atoms with Gasteiger partial charge < -0.3 is 0 Å². The van der Waals surface area contributed by atoms with Crippen LogP contribution >= 0.6 is 0 Å². The minimum absolute atomic E-state index is 0.164. The van der Waals surface area contributed by atoms with E-state index in [-0.39, 0.29) is 5.60 Å². The molecule has 0 radical (unpaired) electrons. The van der Waals surface area contributed by atoms with E-state index in [4.69, 9.17) is 4.84 Å². The molecule has 0 fully saturated rings. The van der Waals surface area contributed by atoms with Crippen LogP contribution in [-0.2, 0) is 4.84 Å². The standard InChI is InChI=1S/C8H14N2O/c1-8(2,3)11-10-7-5-4-6-9-10/h4-7,9H,1-3H3. The number of hydrazine groups is 1. The molecular formula is C8H14N2O. The van der Waals surface area contributed by atoms with Crippen LogP contribution in [0.4, 0.5) is 0 Å². The summed E-state index contributed by atoms with van der Waals surface area (Å²) in [7, 11) is 0. The molecule has 0 spiro atoms. The Balaban J connectivity index is 2.39. The van der Waals surface area contributed by atoms with Crippen molar-refractivity contribution in [3.63, 3.8) is 0 Å². The number of nitrogens with one attached hydrogen (secondary N) is 1. The molecule has 0 aromatic carbocycles. The first-order valence-electron chi connectivity index (χ1n) is 3.66. The SMILES string of the molecule is CC(C)(C)ON1C=CC=CN1. The molecule has 1 aliphatic rings. The van der Waals surface area contributed by atoms with Gasteiger partial charge in [0.2, 0.25) is 0 Å². The Morgan fingerprint density at radius 3 is 2.45 bits per heavy atom. The van der Waals surface area contributed by atoms with Crippen LogP contribution in [-0.4, -0.2) is 10.8 Å². The summed E-state index contributed by atoms with van der Waals surface area (Å²) >= 11 is 0. The predicted octanol–water partition coefficient (Wildman–Crippen LogP) is 1.56. The van der Waals surface area contributed by atoms with Crippen LogP contribution in [0, 0.1) is 0 Å². The molecular weight excluding hydrogens is 140 g/mol. The van der Waals surface area contributed by atoms with E-state index >= 15 is 0 Å². The summed E-state index contributed by atoms with van der Waals surface area (Å²) in [5.74, 6) is 0. The number of rotatable bonds is 1. The van der Waals surface area contributed by atoms with Gasteiger partial charge in [-0.3, -0.25) is 5.43 Å². The summed E-state index contributed by atoms with van der Waals surface area (Å²) in [5, 5.41) is 1.58. The van der Waals surface area contributed by atoms with Gasteiger partial charge >= 0.3 is 0 Å². The third-order valence-corrected chi connectivity index (χ3v) is 1.00. The highest BCUT2D eigenvalue weighted by molar-refractivity contribution is 5.03. The summed E-state index contributed by atoms with van der Waals surface area (Å²) in [6.45, 7) is 6.00. The van der Waals surface area contributed by atoms with Crippen LogP contribution in [0.15, 0.2) is 24.6 Å². The smallest absolute Gasteiger partial charge is 0.0900 e. The molecule has 0 saturated carbocycles. The Labute approximate surface area is 67.3 Å². The van der Waals surface area contributed by atoms with Crippen molar-refractivity contribution in [3.8, 4) is 0 Å². The maximum absolute atomic E-state index is 5.46. The van der Waals surface area contributed by atoms with Crippen molar-refractivity contribution in [2.75, 3.05) is 0 Å². The first-order valence-corrected chi connectivity index (χ1v) is 3.66. The zero-order chi connectivity index (χ0) is 8.32. The first kappa shape index (κ1) is 8.14. The quantitative estimate of drug-likeness (QED) is 0.620. The molecule has 1 aliphatic heterocycles. The van der Waals surface area contributed by atoms with Crippen molar-refractivity contribution in [1.29, 1.82) is 0 Å². The van der Waals surface area contributed by atoms with Crippen molar-refractivity contribution in [2.24, 2.45) is 0 Å².